The lowest BCUT2D eigenvalue weighted by Crippen LogP contribution is -2.21. The van der Waals surface area contributed by atoms with Gasteiger partial charge in [0.1, 0.15) is 0 Å². The molecule has 0 bridgehead atoms. The zero-order valence-corrected chi connectivity index (χ0v) is 11.3. The zero-order chi connectivity index (χ0) is 13.3. The van der Waals surface area contributed by atoms with E-state index in [0.29, 0.717) is 0 Å². The minimum atomic E-state index is -0.0437. The number of rotatable bonds is 3. The second-order valence-electron chi connectivity index (χ2n) is 5.04. The highest BCUT2D eigenvalue weighted by Crippen LogP contribution is 2.49. The Labute approximate surface area is 115 Å². The van der Waals surface area contributed by atoms with Crippen molar-refractivity contribution in [2.24, 2.45) is 0 Å². The Hall–Kier alpha value is -2.08. The monoisotopic (exact) mass is 246 g/mol. The Bertz CT molecular complexity index is 634. The first-order valence-electron chi connectivity index (χ1n) is 6.82. The van der Waals surface area contributed by atoms with Crippen molar-refractivity contribution in [2.75, 3.05) is 0 Å². The predicted molar refractivity (Wildman–Crippen MR) is 82.9 cm³/mol. The average molecular weight is 246 g/mol. The van der Waals surface area contributed by atoms with Crippen molar-refractivity contribution in [1.29, 1.82) is 0 Å². The molecule has 0 heterocycles. The highest BCUT2D eigenvalue weighted by Gasteiger charge is 2.37. The highest BCUT2D eigenvalue weighted by molar-refractivity contribution is 5.95. The van der Waals surface area contributed by atoms with Crippen LogP contribution in [0.15, 0.2) is 67.3 Å². The maximum absolute atomic E-state index is 4.12. The van der Waals surface area contributed by atoms with Gasteiger partial charge in [-0.05, 0) is 34.8 Å². The van der Waals surface area contributed by atoms with Gasteiger partial charge in [-0.3, -0.25) is 0 Å². The Morgan fingerprint density at radius 3 is 2.37 bits per heavy atom. The molecule has 0 amide bonds. The van der Waals surface area contributed by atoms with Crippen LogP contribution in [0, 0.1) is 0 Å². The van der Waals surface area contributed by atoms with E-state index in [1.54, 1.807) is 0 Å². The van der Waals surface area contributed by atoms with Gasteiger partial charge in [-0.2, -0.15) is 0 Å². The molecule has 1 aliphatic carbocycles. The average Bonchev–Trinajstić information content (AvgIpc) is 2.83. The van der Waals surface area contributed by atoms with Gasteiger partial charge in [0.25, 0.3) is 0 Å². The normalized spacial score (nSPS) is 20.8. The van der Waals surface area contributed by atoms with Crippen LogP contribution in [0.3, 0.4) is 0 Å². The quantitative estimate of drug-likeness (QED) is 0.663. The van der Waals surface area contributed by atoms with E-state index < -0.39 is 0 Å². The molecule has 19 heavy (non-hydrogen) atoms. The van der Waals surface area contributed by atoms with Gasteiger partial charge in [0.15, 0.2) is 0 Å². The van der Waals surface area contributed by atoms with Crippen LogP contribution in [0.5, 0.6) is 0 Å². The molecular formula is C19H18. The molecular weight excluding hydrogens is 228 g/mol. The van der Waals surface area contributed by atoms with Gasteiger partial charge < -0.3 is 0 Å². The molecule has 1 unspecified atom stereocenters. The molecule has 0 nitrogen and oxygen atoms in total. The number of hydrogen-bond donors (Lipinski definition) is 0. The molecule has 0 saturated carbocycles. The first kappa shape index (κ1) is 12.0. The van der Waals surface area contributed by atoms with Gasteiger partial charge in [-0.25, -0.2) is 0 Å². The van der Waals surface area contributed by atoms with E-state index in [-0.39, 0.29) is 5.41 Å². The minimum absolute atomic E-state index is 0.0437. The van der Waals surface area contributed by atoms with Crippen LogP contribution >= 0.6 is 0 Å². The summed E-state index contributed by atoms with van der Waals surface area (Å²) in [6.07, 6.45) is 5.46. The lowest BCUT2D eigenvalue weighted by Gasteiger charge is -2.29. The van der Waals surface area contributed by atoms with E-state index in [9.17, 15) is 0 Å². The van der Waals surface area contributed by atoms with Gasteiger partial charge in [0, 0.05) is 5.41 Å². The summed E-state index contributed by atoms with van der Waals surface area (Å²) in [5.41, 5.74) is 5.32. The fraction of sp³-hybridized carbons (Fsp3) is 0.158. The maximum atomic E-state index is 4.12. The molecule has 0 aromatic heterocycles. The van der Waals surface area contributed by atoms with Gasteiger partial charge >= 0.3 is 0 Å². The largest absolute Gasteiger partial charge is 0.102 e. The summed E-state index contributed by atoms with van der Waals surface area (Å²) in [4.78, 5) is 0. The molecule has 0 radical (unpaired) electrons. The number of fused-ring (bicyclic) bond motifs is 1. The van der Waals surface area contributed by atoms with E-state index in [1.165, 1.54) is 22.3 Å². The highest BCUT2D eigenvalue weighted by atomic mass is 14.4. The van der Waals surface area contributed by atoms with Crippen LogP contribution < -0.4 is 0 Å². The topological polar surface area (TPSA) is 0 Å². The number of benzene rings is 2. The summed E-state index contributed by atoms with van der Waals surface area (Å²) in [5.74, 6) is 0. The summed E-state index contributed by atoms with van der Waals surface area (Å²) in [5, 5.41) is 0. The van der Waals surface area contributed by atoms with Crippen LogP contribution in [0.1, 0.15) is 30.0 Å². The van der Waals surface area contributed by atoms with E-state index >= 15 is 0 Å². The van der Waals surface area contributed by atoms with Crippen LogP contribution in [0.2, 0.25) is 0 Å². The molecule has 94 valence electrons. The molecule has 0 N–H and O–H groups in total. The molecule has 0 spiro atoms. The van der Waals surface area contributed by atoms with Crippen LogP contribution in [0.4, 0.5) is 0 Å². The smallest absolute Gasteiger partial charge is 0.0388 e. The molecule has 2 aromatic rings. The first-order chi connectivity index (χ1) is 9.31. The van der Waals surface area contributed by atoms with Gasteiger partial charge in [0.2, 0.25) is 0 Å². The van der Waals surface area contributed by atoms with Crippen LogP contribution in [-0.4, -0.2) is 0 Å². The molecule has 0 aliphatic heterocycles. The third kappa shape index (κ3) is 1.67. The maximum Gasteiger partial charge on any atom is 0.0388 e. The summed E-state index contributed by atoms with van der Waals surface area (Å²) in [7, 11) is 0. The molecule has 0 saturated heterocycles. The van der Waals surface area contributed by atoms with Crippen molar-refractivity contribution >= 4 is 11.6 Å². The van der Waals surface area contributed by atoms with Crippen LogP contribution in [0.25, 0.3) is 11.6 Å². The van der Waals surface area contributed by atoms with Gasteiger partial charge in [-0.15, -0.1) is 6.58 Å². The van der Waals surface area contributed by atoms with Gasteiger partial charge in [0.05, 0.1) is 0 Å². The summed E-state index contributed by atoms with van der Waals surface area (Å²) in [6, 6.07) is 19.3. The molecule has 1 aliphatic rings. The Morgan fingerprint density at radius 2 is 1.68 bits per heavy atom. The van der Waals surface area contributed by atoms with Crippen molar-refractivity contribution in [3.63, 3.8) is 0 Å². The Balaban J connectivity index is 2.24. The first-order valence-corrected chi connectivity index (χ1v) is 6.82. The molecule has 0 fully saturated rings. The number of hydrogen-bond acceptors (Lipinski definition) is 0. The van der Waals surface area contributed by atoms with Gasteiger partial charge in [-0.1, -0.05) is 67.6 Å². The molecule has 2 aromatic carbocycles. The Morgan fingerprint density at radius 1 is 1.00 bits per heavy atom. The van der Waals surface area contributed by atoms with Crippen molar-refractivity contribution in [1.82, 2.24) is 0 Å². The van der Waals surface area contributed by atoms with Crippen molar-refractivity contribution < 1.29 is 0 Å². The van der Waals surface area contributed by atoms with Crippen molar-refractivity contribution in [2.45, 2.75) is 18.8 Å². The lowest BCUT2D eigenvalue weighted by molar-refractivity contribution is 0.673. The second-order valence-corrected chi connectivity index (χ2v) is 5.04. The standard InChI is InChI=1S/C19H18/c1-3-19(4-2)17-13-9-8-12-16(17)14-18(19)15-10-6-5-7-11-15/h3,5-14H,1,4H2,2H3. The number of allylic oxidation sites excluding steroid dienone is 2. The third-order valence-electron chi connectivity index (χ3n) is 4.21. The predicted octanol–water partition coefficient (Wildman–Crippen LogP) is 5.07. The SMILES string of the molecule is C=CC1(CC)C(c2ccccc2)=Cc2ccccc21. The molecule has 0 heteroatoms. The summed E-state index contributed by atoms with van der Waals surface area (Å²) in [6.45, 7) is 6.36. The van der Waals surface area contributed by atoms with E-state index in [1.807, 2.05) is 0 Å². The summed E-state index contributed by atoms with van der Waals surface area (Å²) >= 11 is 0. The fourth-order valence-electron chi connectivity index (χ4n) is 3.16. The zero-order valence-electron chi connectivity index (χ0n) is 11.3. The second kappa shape index (κ2) is 4.55. The Kier molecular flexibility index (Phi) is 2.87. The van der Waals surface area contributed by atoms with E-state index in [2.05, 4.69) is 80.3 Å². The lowest BCUT2D eigenvalue weighted by atomic mass is 9.73. The van der Waals surface area contributed by atoms with Crippen molar-refractivity contribution in [3.8, 4) is 0 Å². The fourth-order valence-corrected chi connectivity index (χ4v) is 3.16. The van der Waals surface area contributed by atoms with Crippen LogP contribution in [-0.2, 0) is 5.41 Å². The molecule has 1 atom stereocenters. The minimum Gasteiger partial charge on any atom is -0.102 e. The van der Waals surface area contributed by atoms with Crippen molar-refractivity contribution in [3.05, 3.63) is 83.9 Å². The van der Waals surface area contributed by atoms with E-state index in [4.69, 9.17) is 0 Å². The summed E-state index contributed by atoms with van der Waals surface area (Å²) < 4.78 is 0. The van der Waals surface area contributed by atoms with E-state index in [0.717, 1.165) is 6.42 Å². The third-order valence-corrected chi connectivity index (χ3v) is 4.21. The molecule has 3 rings (SSSR count).